The molecule has 1 aliphatic heterocycles. The van der Waals surface area contributed by atoms with Gasteiger partial charge in [0.1, 0.15) is 0 Å². The number of carbonyl (C=O) groups is 1. The van der Waals surface area contributed by atoms with Crippen molar-refractivity contribution in [2.45, 2.75) is 19.8 Å². The summed E-state index contributed by atoms with van der Waals surface area (Å²) in [6, 6.07) is 7.62. The molecule has 0 amide bonds. The van der Waals surface area contributed by atoms with Crippen molar-refractivity contribution in [3.8, 4) is 5.88 Å². The van der Waals surface area contributed by atoms with Crippen molar-refractivity contribution in [1.29, 1.82) is 0 Å². The average molecular weight is 301 g/mol. The van der Waals surface area contributed by atoms with E-state index in [0.29, 0.717) is 31.3 Å². The van der Waals surface area contributed by atoms with E-state index in [-0.39, 0.29) is 5.92 Å². The molecule has 1 N–H and O–H groups in total. The fraction of sp³-hybridized carbons (Fsp3) is 0.438. The van der Waals surface area contributed by atoms with Crippen LogP contribution < -0.4 is 9.64 Å². The molecule has 0 radical (unpaired) electrons. The number of ether oxygens (including phenoxy) is 1. The van der Waals surface area contributed by atoms with Crippen molar-refractivity contribution in [2.75, 3.05) is 24.6 Å². The van der Waals surface area contributed by atoms with Crippen molar-refractivity contribution in [1.82, 2.24) is 9.97 Å². The van der Waals surface area contributed by atoms with Crippen LogP contribution in [0.2, 0.25) is 0 Å². The maximum Gasteiger partial charge on any atom is 0.308 e. The second-order valence-corrected chi connectivity index (χ2v) is 5.40. The van der Waals surface area contributed by atoms with Gasteiger partial charge in [-0.05, 0) is 31.9 Å². The summed E-state index contributed by atoms with van der Waals surface area (Å²) >= 11 is 0. The van der Waals surface area contributed by atoms with E-state index in [4.69, 9.17) is 4.74 Å². The molecule has 1 fully saturated rings. The van der Waals surface area contributed by atoms with Crippen LogP contribution in [0, 0.1) is 5.92 Å². The minimum absolute atomic E-state index is 0.364. The molecule has 0 aliphatic carbocycles. The van der Waals surface area contributed by atoms with Gasteiger partial charge in [0, 0.05) is 13.1 Å². The molecule has 6 nitrogen and oxygen atoms in total. The monoisotopic (exact) mass is 301 g/mol. The second-order valence-electron chi connectivity index (χ2n) is 5.40. The molecule has 6 heteroatoms. The smallest absolute Gasteiger partial charge is 0.308 e. The number of piperidine rings is 1. The summed E-state index contributed by atoms with van der Waals surface area (Å²) in [7, 11) is 0. The number of carboxylic acid groups (broad SMARTS) is 1. The van der Waals surface area contributed by atoms with Crippen LogP contribution in [0.5, 0.6) is 5.88 Å². The Kier molecular flexibility index (Phi) is 4.09. The highest BCUT2D eigenvalue weighted by atomic mass is 16.5. The molecular formula is C16H19N3O3. The van der Waals surface area contributed by atoms with Crippen LogP contribution >= 0.6 is 0 Å². The third-order valence-electron chi connectivity index (χ3n) is 3.87. The Bertz CT molecular complexity index is 689. The van der Waals surface area contributed by atoms with Crippen LogP contribution in [-0.2, 0) is 4.79 Å². The summed E-state index contributed by atoms with van der Waals surface area (Å²) in [5.41, 5.74) is 1.57. The normalized spacial score (nSPS) is 18.4. The number of anilines is 1. The maximum atomic E-state index is 11.3. The fourth-order valence-electron chi connectivity index (χ4n) is 2.79. The van der Waals surface area contributed by atoms with E-state index in [1.165, 1.54) is 0 Å². The van der Waals surface area contributed by atoms with Gasteiger partial charge in [0.05, 0.1) is 23.6 Å². The lowest BCUT2D eigenvalue weighted by molar-refractivity contribution is -0.141. The van der Waals surface area contributed by atoms with Gasteiger partial charge in [-0.25, -0.2) is 9.97 Å². The van der Waals surface area contributed by atoms with Gasteiger partial charge in [-0.1, -0.05) is 12.1 Å². The van der Waals surface area contributed by atoms with Crippen LogP contribution in [0.4, 0.5) is 5.82 Å². The zero-order valence-electron chi connectivity index (χ0n) is 12.5. The van der Waals surface area contributed by atoms with Gasteiger partial charge >= 0.3 is 5.97 Å². The summed E-state index contributed by atoms with van der Waals surface area (Å²) in [6.45, 7) is 3.62. The molecular weight excluding hydrogens is 282 g/mol. The number of fused-ring (bicyclic) bond motifs is 1. The topological polar surface area (TPSA) is 75.6 Å². The summed E-state index contributed by atoms with van der Waals surface area (Å²) in [5.74, 6) is 0.00615. The number of aromatic nitrogens is 2. The summed E-state index contributed by atoms with van der Waals surface area (Å²) in [5, 5.41) is 9.25. The SMILES string of the molecule is CCOc1nc2ccccc2nc1N1CCC[C@H](C(=O)O)C1. The first-order valence-electron chi connectivity index (χ1n) is 7.56. The van der Waals surface area contributed by atoms with E-state index in [2.05, 4.69) is 9.97 Å². The third-order valence-corrected chi connectivity index (χ3v) is 3.87. The van der Waals surface area contributed by atoms with Gasteiger partial charge in [0.25, 0.3) is 5.88 Å². The molecule has 1 aromatic carbocycles. The molecule has 0 unspecified atom stereocenters. The second kappa shape index (κ2) is 6.17. The van der Waals surface area contributed by atoms with E-state index < -0.39 is 5.97 Å². The quantitative estimate of drug-likeness (QED) is 0.934. The van der Waals surface area contributed by atoms with Crippen LogP contribution in [0.1, 0.15) is 19.8 Å². The molecule has 0 saturated carbocycles. The number of para-hydroxylation sites is 2. The Labute approximate surface area is 128 Å². The maximum absolute atomic E-state index is 11.3. The number of aliphatic carboxylic acids is 1. The molecule has 0 spiro atoms. The Morgan fingerprint density at radius 1 is 1.36 bits per heavy atom. The van der Waals surface area contributed by atoms with Gasteiger partial charge in [0.2, 0.25) is 0 Å². The third kappa shape index (κ3) is 2.81. The Morgan fingerprint density at radius 2 is 2.09 bits per heavy atom. The molecule has 2 heterocycles. The number of nitrogens with zero attached hydrogens (tertiary/aromatic N) is 3. The predicted octanol–water partition coefficient (Wildman–Crippen LogP) is 2.33. The van der Waals surface area contributed by atoms with Crippen LogP contribution in [0.15, 0.2) is 24.3 Å². The minimum Gasteiger partial charge on any atom is -0.481 e. The first-order valence-corrected chi connectivity index (χ1v) is 7.56. The van der Waals surface area contributed by atoms with Crippen molar-refractivity contribution in [2.24, 2.45) is 5.92 Å². The molecule has 116 valence electrons. The predicted molar refractivity (Wildman–Crippen MR) is 83.3 cm³/mol. The van der Waals surface area contributed by atoms with E-state index in [0.717, 1.165) is 24.0 Å². The largest absolute Gasteiger partial charge is 0.481 e. The van der Waals surface area contributed by atoms with Crippen LogP contribution in [0.25, 0.3) is 11.0 Å². The van der Waals surface area contributed by atoms with Gasteiger partial charge in [0.15, 0.2) is 5.82 Å². The van der Waals surface area contributed by atoms with E-state index >= 15 is 0 Å². The number of rotatable bonds is 4. The molecule has 0 bridgehead atoms. The summed E-state index contributed by atoms with van der Waals surface area (Å²) in [4.78, 5) is 22.4. The van der Waals surface area contributed by atoms with Crippen molar-refractivity contribution in [3.63, 3.8) is 0 Å². The van der Waals surface area contributed by atoms with Crippen molar-refractivity contribution >= 4 is 22.8 Å². The Balaban J connectivity index is 2.00. The summed E-state index contributed by atoms with van der Waals surface area (Å²) in [6.07, 6.45) is 1.54. The molecule has 3 rings (SSSR count). The molecule has 1 aliphatic rings. The van der Waals surface area contributed by atoms with E-state index in [1.54, 1.807) is 0 Å². The van der Waals surface area contributed by atoms with E-state index in [1.807, 2.05) is 36.1 Å². The zero-order chi connectivity index (χ0) is 15.5. The molecule has 22 heavy (non-hydrogen) atoms. The minimum atomic E-state index is -0.753. The average Bonchev–Trinajstić information content (AvgIpc) is 2.54. The van der Waals surface area contributed by atoms with Crippen LogP contribution in [-0.4, -0.2) is 40.7 Å². The number of hydrogen-bond donors (Lipinski definition) is 1. The van der Waals surface area contributed by atoms with Crippen LogP contribution in [0.3, 0.4) is 0 Å². The Hall–Kier alpha value is -2.37. The van der Waals surface area contributed by atoms with Gasteiger partial charge in [-0.2, -0.15) is 0 Å². The molecule has 1 saturated heterocycles. The lowest BCUT2D eigenvalue weighted by Crippen LogP contribution is -2.39. The first kappa shape index (κ1) is 14.6. The van der Waals surface area contributed by atoms with Crippen molar-refractivity contribution < 1.29 is 14.6 Å². The highest BCUT2D eigenvalue weighted by Crippen LogP contribution is 2.30. The first-order chi connectivity index (χ1) is 10.7. The molecule has 1 aromatic heterocycles. The number of carboxylic acids is 1. The highest BCUT2D eigenvalue weighted by Gasteiger charge is 2.28. The standard InChI is InChI=1S/C16H19N3O3/c1-2-22-15-14(17-12-7-3-4-8-13(12)18-15)19-9-5-6-11(10-19)16(20)21/h3-4,7-8,11H,2,5-6,9-10H2,1H3,(H,20,21)/t11-/m0/s1. The summed E-state index contributed by atoms with van der Waals surface area (Å²) < 4.78 is 5.63. The van der Waals surface area contributed by atoms with E-state index in [9.17, 15) is 9.90 Å². The number of benzene rings is 1. The lowest BCUT2D eigenvalue weighted by atomic mass is 9.98. The fourth-order valence-corrected chi connectivity index (χ4v) is 2.79. The lowest BCUT2D eigenvalue weighted by Gasteiger charge is -2.32. The van der Waals surface area contributed by atoms with Gasteiger partial charge in [-0.15, -0.1) is 0 Å². The Morgan fingerprint density at radius 3 is 2.77 bits per heavy atom. The number of hydrogen-bond acceptors (Lipinski definition) is 5. The zero-order valence-corrected chi connectivity index (χ0v) is 12.5. The molecule has 2 aromatic rings. The van der Waals surface area contributed by atoms with Crippen molar-refractivity contribution in [3.05, 3.63) is 24.3 Å². The highest BCUT2D eigenvalue weighted by molar-refractivity contribution is 5.78. The van der Waals surface area contributed by atoms with Gasteiger partial charge in [-0.3, -0.25) is 4.79 Å². The molecule has 1 atom stereocenters. The van der Waals surface area contributed by atoms with Gasteiger partial charge < -0.3 is 14.7 Å².